The molecule has 1 aliphatic heterocycles. The van der Waals surface area contributed by atoms with E-state index in [1.54, 1.807) is 0 Å². The van der Waals surface area contributed by atoms with Crippen LogP contribution in [0.15, 0.2) is 15.5 Å². The number of furan rings is 1. The highest BCUT2D eigenvalue weighted by atomic mass is 16.5. The summed E-state index contributed by atoms with van der Waals surface area (Å²) in [5.74, 6) is 1.86. The van der Waals surface area contributed by atoms with Gasteiger partial charge in [-0.3, -0.25) is 0 Å². The van der Waals surface area contributed by atoms with Gasteiger partial charge in [-0.2, -0.15) is 0 Å². The Hall–Kier alpha value is -1.29. The van der Waals surface area contributed by atoms with E-state index in [-0.39, 0.29) is 12.5 Å². The normalized spacial score (nSPS) is 16.2. The molecule has 25 heavy (non-hydrogen) atoms. The number of fused-ring (bicyclic) bond motifs is 1. The van der Waals surface area contributed by atoms with Gasteiger partial charge in [-0.15, -0.1) is 0 Å². The Bertz CT molecular complexity index is 506. The van der Waals surface area contributed by atoms with Crippen LogP contribution < -0.4 is 5.32 Å². The van der Waals surface area contributed by atoms with Crippen LogP contribution in [0.3, 0.4) is 0 Å². The average molecular weight is 349 g/mol. The Labute approximate surface area is 153 Å². The molecule has 4 nitrogen and oxygen atoms in total. The maximum absolute atomic E-state index is 5.96. The largest absolute Gasteiger partial charge is 0.445 e. The van der Waals surface area contributed by atoms with Crippen molar-refractivity contribution >= 4 is 12.1 Å². The van der Waals surface area contributed by atoms with Crippen LogP contribution in [-0.2, 0) is 11.2 Å². The van der Waals surface area contributed by atoms with Crippen molar-refractivity contribution in [1.29, 1.82) is 0 Å². The van der Waals surface area contributed by atoms with E-state index < -0.39 is 0 Å². The van der Waals surface area contributed by atoms with E-state index in [1.807, 2.05) is 6.21 Å². The van der Waals surface area contributed by atoms with Crippen LogP contribution in [0.5, 0.6) is 0 Å². The van der Waals surface area contributed by atoms with Crippen molar-refractivity contribution < 1.29 is 9.15 Å². The molecule has 0 aliphatic carbocycles. The Kier molecular flexibility index (Phi) is 9.09. The molecular formula is C21H36N2O2. The molecule has 0 amide bonds. The second-order valence-electron chi connectivity index (χ2n) is 7.07. The standard InChI is InChI=1S/C21H36N2O2/c1-4-7-8-9-10-11-12-13-14-19-15-17-16-22-21(23-20(17)24-19)25-18(5-2)6-3/h15-16,18,21,23H,4-14H2,1-3H3. The number of aliphatic imine (C=N–C) groups is 1. The second kappa shape index (κ2) is 11.3. The molecule has 1 aromatic heterocycles. The lowest BCUT2D eigenvalue weighted by Gasteiger charge is -2.23. The Morgan fingerprint density at radius 2 is 1.72 bits per heavy atom. The summed E-state index contributed by atoms with van der Waals surface area (Å²) in [6, 6.07) is 2.11. The molecule has 1 unspecified atom stereocenters. The minimum absolute atomic E-state index is 0.239. The lowest BCUT2D eigenvalue weighted by Crippen LogP contribution is -2.29. The van der Waals surface area contributed by atoms with Crippen molar-refractivity contribution in [2.24, 2.45) is 4.99 Å². The van der Waals surface area contributed by atoms with E-state index in [9.17, 15) is 0 Å². The molecule has 0 radical (unpaired) electrons. The lowest BCUT2D eigenvalue weighted by molar-refractivity contribution is 0.00278. The van der Waals surface area contributed by atoms with Gasteiger partial charge < -0.3 is 14.5 Å². The average Bonchev–Trinajstić information content (AvgIpc) is 3.04. The van der Waals surface area contributed by atoms with Crippen LogP contribution in [0.25, 0.3) is 0 Å². The van der Waals surface area contributed by atoms with E-state index in [4.69, 9.17) is 9.15 Å². The minimum atomic E-state index is -0.320. The highest BCUT2D eigenvalue weighted by Gasteiger charge is 2.20. The monoisotopic (exact) mass is 348 g/mol. The third-order valence-corrected chi connectivity index (χ3v) is 4.92. The summed E-state index contributed by atoms with van der Waals surface area (Å²) in [7, 11) is 0. The molecule has 0 aromatic carbocycles. The van der Waals surface area contributed by atoms with Crippen molar-refractivity contribution in [1.82, 2.24) is 0 Å². The predicted octanol–water partition coefficient (Wildman–Crippen LogP) is 6.30. The molecule has 1 aliphatic rings. The van der Waals surface area contributed by atoms with Crippen molar-refractivity contribution in [3.05, 3.63) is 17.4 Å². The zero-order chi connectivity index (χ0) is 17.9. The van der Waals surface area contributed by atoms with Gasteiger partial charge >= 0.3 is 0 Å². The Balaban J connectivity index is 1.67. The number of hydrogen-bond donors (Lipinski definition) is 1. The molecule has 0 spiro atoms. The summed E-state index contributed by atoms with van der Waals surface area (Å²) in [4.78, 5) is 4.45. The highest BCUT2D eigenvalue weighted by Crippen LogP contribution is 2.26. The topological polar surface area (TPSA) is 46.8 Å². The van der Waals surface area contributed by atoms with Crippen molar-refractivity contribution in [2.75, 3.05) is 5.32 Å². The first-order valence-electron chi connectivity index (χ1n) is 10.3. The number of nitrogens with zero attached hydrogens (tertiary/aromatic N) is 1. The van der Waals surface area contributed by atoms with Crippen molar-refractivity contribution in [2.45, 2.75) is 104 Å². The smallest absolute Gasteiger partial charge is 0.228 e. The van der Waals surface area contributed by atoms with Gasteiger partial charge in [-0.25, -0.2) is 4.99 Å². The molecule has 1 N–H and O–H groups in total. The SMILES string of the molecule is CCCCCCCCCCc1cc2c(o1)NC(OC(CC)CC)N=C2. The van der Waals surface area contributed by atoms with Gasteiger partial charge in [0.1, 0.15) is 5.76 Å². The molecule has 1 atom stereocenters. The van der Waals surface area contributed by atoms with Gasteiger partial charge in [-0.1, -0.05) is 65.7 Å². The molecule has 2 rings (SSSR count). The molecule has 0 saturated heterocycles. The summed E-state index contributed by atoms with van der Waals surface area (Å²) in [5, 5.41) is 3.26. The van der Waals surface area contributed by atoms with Crippen LogP contribution in [0.4, 0.5) is 5.88 Å². The predicted molar refractivity (Wildman–Crippen MR) is 105 cm³/mol. The summed E-state index contributed by atoms with van der Waals surface area (Å²) in [6.07, 6.45) is 15.5. The first-order chi connectivity index (χ1) is 12.3. The van der Waals surface area contributed by atoms with Gasteiger partial charge in [-0.05, 0) is 25.3 Å². The molecule has 0 fully saturated rings. The van der Waals surface area contributed by atoms with Gasteiger partial charge in [0.25, 0.3) is 0 Å². The zero-order valence-electron chi connectivity index (χ0n) is 16.4. The Morgan fingerprint density at radius 3 is 2.40 bits per heavy atom. The number of nitrogens with one attached hydrogen (secondary N) is 1. The zero-order valence-corrected chi connectivity index (χ0v) is 16.4. The van der Waals surface area contributed by atoms with Gasteiger partial charge in [0.05, 0.1) is 11.7 Å². The van der Waals surface area contributed by atoms with Gasteiger partial charge in [0.2, 0.25) is 12.2 Å². The van der Waals surface area contributed by atoms with E-state index in [1.165, 1.54) is 51.4 Å². The van der Waals surface area contributed by atoms with Crippen LogP contribution in [-0.4, -0.2) is 18.7 Å². The number of ether oxygens (including phenoxy) is 1. The first kappa shape index (κ1) is 20.0. The van der Waals surface area contributed by atoms with Crippen molar-refractivity contribution in [3.63, 3.8) is 0 Å². The first-order valence-corrected chi connectivity index (χ1v) is 10.3. The fourth-order valence-corrected chi connectivity index (χ4v) is 3.25. The molecule has 0 bridgehead atoms. The summed E-state index contributed by atoms with van der Waals surface area (Å²) in [6.45, 7) is 6.55. The molecule has 2 heterocycles. The number of anilines is 1. The van der Waals surface area contributed by atoms with Crippen LogP contribution in [0.2, 0.25) is 0 Å². The summed E-state index contributed by atoms with van der Waals surface area (Å²) < 4.78 is 11.9. The number of aryl methyl sites for hydroxylation is 1. The fraction of sp³-hybridized carbons (Fsp3) is 0.762. The molecular weight excluding hydrogens is 312 g/mol. The molecule has 1 aromatic rings. The lowest BCUT2D eigenvalue weighted by atomic mass is 10.1. The van der Waals surface area contributed by atoms with E-state index in [2.05, 4.69) is 37.1 Å². The highest BCUT2D eigenvalue weighted by molar-refractivity contribution is 5.87. The quantitative estimate of drug-likeness (QED) is 0.426. The van der Waals surface area contributed by atoms with Crippen LogP contribution >= 0.6 is 0 Å². The molecule has 4 heteroatoms. The van der Waals surface area contributed by atoms with Gasteiger partial charge in [0, 0.05) is 12.6 Å². The fourth-order valence-electron chi connectivity index (χ4n) is 3.25. The molecule has 142 valence electrons. The molecule has 0 saturated carbocycles. The third kappa shape index (κ3) is 6.85. The van der Waals surface area contributed by atoms with E-state index >= 15 is 0 Å². The van der Waals surface area contributed by atoms with Crippen LogP contribution in [0.1, 0.15) is 96.3 Å². The minimum Gasteiger partial charge on any atom is -0.445 e. The second-order valence-corrected chi connectivity index (χ2v) is 7.07. The Morgan fingerprint density at radius 1 is 1.04 bits per heavy atom. The third-order valence-electron chi connectivity index (χ3n) is 4.92. The summed E-state index contributed by atoms with van der Waals surface area (Å²) in [5.41, 5.74) is 1.04. The maximum atomic E-state index is 5.96. The van der Waals surface area contributed by atoms with E-state index in [0.29, 0.717) is 0 Å². The van der Waals surface area contributed by atoms with Crippen LogP contribution in [0, 0.1) is 0 Å². The van der Waals surface area contributed by atoms with E-state index in [0.717, 1.165) is 36.5 Å². The van der Waals surface area contributed by atoms with Crippen molar-refractivity contribution in [3.8, 4) is 0 Å². The number of rotatable bonds is 13. The summed E-state index contributed by atoms with van der Waals surface area (Å²) >= 11 is 0. The number of unbranched alkanes of at least 4 members (excludes halogenated alkanes) is 7. The maximum Gasteiger partial charge on any atom is 0.228 e. The number of hydrogen-bond acceptors (Lipinski definition) is 4. The van der Waals surface area contributed by atoms with Gasteiger partial charge in [0.15, 0.2) is 0 Å².